The average molecular weight is 452 g/mol. The van der Waals surface area contributed by atoms with Gasteiger partial charge in [0.25, 0.3) is 5.91 Å². The zero-order valence-electron chi connectivity index (χ0n) is 16.7. The van der Waals surface area contributed by atoms with Crippen molar-refractivity contribution in [2.45, 2.75) is 6.92 Å². The first-order valence-corrected chi connectivity index (χ1v) is 10.1. The summed E-state index contributed by atoms with van der Waals surface area (Å²) in [6.45, 7) is 2.03. The number of carbonyl (C=O) groups is 1. The number of halogens is 1. The monoisotopic (exact) mass is 451 g/mol. The summed E-state index contributed by atoms with van der Waals surface area (Å²) < 4.78 is 10.9. The maximum Gasteiger partial charge on any atom is 0.257 e. The summed E-state index contributed by atoms with van der Waals surface area (Å²) in [5.41, 5.74) is 4.44. The molecule has 8 heteroatoms. The number of methoxy groups -OCH3 is 1. The van der Waals surface area contributed by atoms with Gasteiger partial charge in [-0.2, -0.15) is 0 Å². The lowest BCUT2D eigenvalue weighted by molar-refractivity contribution is 0.0977. The van der Waals surface area contributed by atoms with Gasteiger partial charge in [0.15, 0.2) is 10.7 Å². The van der Waals surface area contributed by atoms with Gasteiger partial charge in [0.1, 0.15) is 11.3 Å². The second kappa shape index (κ2) is 8.75. The van der Waals surface area contributed by atoms with Crippen LogP contribution in [-0.4, -0.2) is 23.1 Å². The Kier molecular flexibility index (Phi) is 5.88. The predicted octanol–water partition coefficient (Wildman–Crippen LogP) is 5.59. The van der Waals surface area contributed by atoms with Gasteiger partial charge in [-0.25, -0.2) is 4.98 Å². The van der Waals surface area contributed by atoms with Crippen LogP contribution in [0.15, 0.2) is 65.1 Å². The Morgan fingerprint density at radius 1 is 1.10 bits per heavy atom. The molecule has 31 heavy (non-hydrogen) atoms. The van der Waals surface area contributed by atoms with Crippen LogP contribution < -0.4 is 15.4 Å². The first-order valence-electron chi connectivity index (χ1n) is 9.36. The predicted molar refractivity (Wildman–Crippen MR) is 126 cm³/mol. The first-order chi connectivity index (χ1) is 14.9. The van der Waals surface area contributed by atoms with Gasteiger partial charge >= 0.3 is 0 Å². The number of amides is 1. The molecular formula is C23H18ClN3O3S. The number of carbonyl (C=O) groups excluding carboxylic acids is 1. The number of aromatic nitrogens is 1. The van der Waals surface area contributed by atoms with E-state index in [4.69, 9.17) is 33.0 Å². The third kappa shape index (κ3) is 4.68. The topological polar surface area (TPSA) is 76.4 Å². The van der Waals surface area contributed by atoms with E-state index < -0.39 is 0 Å². The molecule has 0 saturated carbocycles. The number of aryl methyl sites for hydroxylation is 1. The van der Waals surface area contributed by atoms with Gasteiger partial charge in [0.2, 0.25) is 5.89 Å². The third-order valence-corrected chi connectivity index (χ3v) is 5.08. The molecule has 4 rings (SSSR count). The summed E-state index contributed by atoms with van der Waals surface area (Å²) >= 11 is 11.3. The van der Waals surface area contributed by atoms with E-state index >= 15 is 0 Å². The van der Waals surface area contributed by atoms with Crippen LogP contribution >= 0.6 is 23.8 Å². The Morgan fingerprint density at radius 3 is 2.58 bits per heavy atom. The van der Waals surface area contributed by atoms with Crippen LogP contribution in [0.4, 0.5) is 5.69 Å². The molecule has 2 N–H and O–H groups in total. The molecule has 4 aromatic rings. The van der Waals surface area contributed by atoms with Crippen molar-refractivity contribution < 1.29 is 13.9 Å². The van der Waals surface area contributed by atoms with Crippen LogP contribution in [0.3, 0.4) is 0 Å². The number of fused-ring (bicyclic) bond motifs is 1. The Labute approximate surface area is 189 Å². The largest absolute Gasteiger partial charge is 0.495 e. The van der Waals surface area contributed by atoms with Crippen molar-refractivity contribution in [3.05, 3.63) is 76.8 Å². The van der Waals surface area contributed by atoms with E-state index in [9.17, 15) is 4.79 Å². The molecule has 6 nitrogen and oxygen atoms in total. The highest BCUT2D eigenvalue weighted by atomic mass is 35.5. The van der Waals surface area contributed by atoms with Crippen LogP contribution in [0.25, 0.3) is 22.6 Å². The lowest BCUT2D eigenvalue weighted by atomic mass is 10.1. The molecule has 0 radical (unpaired) electrons. The Hall–Kier alpha value is -3.42. The smallest absolute Gasteiger partial charge is 0.257 e. The van der Waals surface area contributed by atoms with E-state index in [0.717, 1.165) is 5.56 Å². The number of hydrogen-bond acceptors (Lipinski definition) is 5. The molecule has 3 aromatic carbocycles. The Bertz CT molecular complexity index is 1290. The van der Waals surface area contributed by atoms with Crippen molar-refractivity contribution in [1.82, 2.24) is 10.3 Å². The second-order valence-electron chi connectivity index (χ2n) is 6.83. The van der Waals surface area contributed by atoms with Crippen molar-refractivity contribution in [3.8, 4) is 17.2 Å². The number of anilines is 1. The summed E-state index contributed by atoms with van der Waals surface area (Å²) in [6.07, 6.45) is 0. The highest BCUT2D eigenvalue weighted by Gasteiger charge is 2.12. The highest BCUT2D eigenvalue weighted by molar-refractivity contribution is 7.80. The third-order valence-electron chi connectivity index (χ3n) is 4.58. The van der Waals surface area contributed by atoms with Crippen molar-refractivity contribution in [3.63, 3.8) is 0 Å². The number of thiocarbonyl (C=S) groups is 1. The van der Waals surface area contributed by atoms with Crippen LogP contribution in [-0.2, 0) is 0 Å². The summed E-state index contributed by atoms with van der Waals surface area (Å²) in [5.74, 6) is 0.649. The van der Waals surface area contributed by atoms with Gasteiger partial charge in [-0.3, -0.25) is 10.1 Å². The number of oxazole rings is 1. The van der Waals surface area contributed by atoms with E-state index in [-0.39, 0.29) is 11.0 Å². The van der Waals surface area contributed by atoms with Gasteiger partial charge in [0.05, 0.1) is 12.1 Å². The molecule has 1 amide bonds. The van der Waals surface area contributed by atoms with Crippen molar-refractivity contribution >= 4 is 51.6 Å². The maximum absolute atomic E-state index is 12.4. The molecule has 0 bridgehead atoms. The quantitative estimate of drug-likeness (QED) is 0.394. The molecule has 0 atom stereocenters. The summed E-state index contributed by atoms with van der Waals surface area (Å²) in [6, 6.07) is 18.1. The molecule has 0 unspecified atom stereocenters. The van der Waals surface area contributed by atoms with Gasteiger partial charge in [0, 0.05) is 16.8 Å². The molecule has 0 spiro atoms. The SMILES string of the molecule is COc1ccc(C(=O)NC(=S)Nc2ccc3oc(-c4ccc(C)cc4)nc3c2)cc1Cl. The number of ether oxygens (including phenoxy) is 1. The zero-order valence-corrected chi connectivity index (χ0v) is 18.3. The Balaban J connectivity index is 1.46. The minimum Gasteiger partial charge on any atom is -0.495 e. The van der Waals surface area contributed by atoms with Crippen LogP contribution in [0.5, 0.6) is 5.75 Å². The van der Waals surface area contributed by atoms with E-state index in [1.807, 2.05) is 31.2 Å². The van der Waals surface area contributed by atoms with Gasteiger partial charge < -0.3 is 14.5 Å². The fraction of sp³-hybridized carbons (Fsp3) is 0.0870. The molecule has 0 aliphatic carbocycles. The van der Waals surface area contributed by atoms with Crippen LogP contribution in [0.1, 0.15) is 15.9 Å². The molecule has 1 heterocycles. The van der Waals surface area contributed by atoms with Gasteiger partial charge in [-0.1, -0.05) is 29.3 Å². The number of nitrogens with zero attached hydrogens (tertiary/aromatic N) is 1. The summed E-state index contributed by atoms with van der Waals surface area (Å²) in [5, 5.41) is 6.11. The second-order valence-corrected chi connectivity index (χ2v) is 7.64. The summed E-state index contributed by atoms with van der Waals surface area (Å²) in [4.78, 5) is 17.0. The number of hydrogen-bond donors (Lipinski definition) is 2. The minimum atomic E-state index is -0.383. The van der Waals surface area contributed by atoms with Crippen LogP contribution in [0, 0.1) is 6.92 Å². The first kappa shape index (κ1) is 20.8. The van der Waals surface area contributed by atoms with Crippen molar-refractivity contribution in [2.75, 3.05) is 12.4 Å². The van der Waals surface area contributed by atoms with E-state index in [2.05, 4.69) is 15.6 Å². The molecule has 156 valence electrons. The zero-order chi connectivity index (χ0) is 22.0. The van der Waals surface area contributed by atoms with Gasteiger partial charge in [-0.05, 0) is 67.7 Å². The molecular weight excluding hydrogens is 434 g/mol. The molecule has 1 aromatic heterocycles. The fourth-order valence-corrected chi connectivity index (χ4v) is 3.44. The number of benzene rings is 3. The Morgan fingerprint density at radius 2 is 1.87 bits per heavy atom. The van der Waals surface area contributed by atoms with E-state index in [1.54, 1.807) is 30.3 Å². The number of nitrogens with one attached hydrogen (secondary N) is 2. The molecule has 0 aliphatic rings. The molecule has 0 saturated heterocycles. The van der Waals surface area contributed by atoms with Crippen LogP contribution in [0.2, 0.25) is 5.02 Å². The fourth-order valence-electron chi connectivity index (χ4n) is 2.97. The standard InChI is InChI=1S/C23H18ClN3O3S/c1-13-3-5-14(6-4-13)22-26-18-12-16(8-10-20(18)30-22)25-23(31)27-21(28)15-7-9-19(29-2)17(24)11-15/h3-12H,1-2H3,(H2,25,27,28,31). The highest BCUT2D eigenvalue weighted by Crippen LogP contribution is 2.27. The number of rotatable bonds is 4. The van der Waals surface area contributed by atoms with Crippen molar-refractivity contribution in [2.24, 2.45) is 0 Å². The normalized spacial score (nSPS) is 10.7. The molecule has 0 aliphatic heterocycles. The van der Waals surface area contributed by atoms with Crippen molar-refractivity contribution in [1.29, 1.82) is 0 Å². The lowest BCUT2D eigenvalue weighted by Gasteiger charge is -2.10. The summed E-state index contributed by atoms with van der Waals surface area (Å²) in [7, 11) is 1.51. The molecule has 0 fully saturated rings. The van der Waals surface area contributed by atoms with Gasteiger partial charge in [-0.15, -0.1) is 0 Å². The van der Waals surface area contributed by atoms with E-state index in [0.29, 0.717) is 39.0 Å². The minimum absolute atomic E-state index is 0.151. The average Bonchev–Trinajstić information content (AvgIpc) is 3.17. The van der Waals surface area contributed by atoms with E-state index in [1.165, 1.54) is 18.7 Å². The lowest BCUT2D eigenvalue weighted by Crippen LogP contribution is -2.34. The maximum atomic E-state index is 12.4.